The van der Waals surface area contributed by atoms with E-state index < -0.39 is 0 Å². The van der Waals surface area contributed by atoms with Crippen LogP contribution in [0.3, 0.4) is 0 Å². The lowest BCUT2D eigenvalue weighted by atomic mass is 10.1. The Labute approximate surface area is 82.5 Å². The molecule has 0 amide bonds. The molecule has 1 fully saturated rings. The van der Waals surface area contributed by atoms with Crippen LogP contribution in [-0.2, 0) is 6.54 Å². The Morgan fingerprint density at radius 2 is 2.57 bits per heavy atom. The lowest BCUT2D eigenvalue weighted by Gasteiger charge is -2.28. The number of hydrogen-bond donors (Lipinski definition) is 2. The van der Waals surface area contributed by atoms with Crippen LogP contribution in [0, 0.1) is 0 Å². The van der Waals surface area contributed by atoms with Crippen molar-refractivity contribution in [2.75, 3.05) is 18.8 Å². The SMILES string of the molecule is Nc1ncc(CN2CCC[C@H](O)C2)o1. The summed E-state index contributed by atoms with van der Waals surface area (Å²) in [5.74, 6) is 0.761. The molecule has 0 unspecified atom stereocenters. The molecule has 5 heteroatoms. The molecule has 14 heavy (non-hydrogen) atoms. The van der Waals surface area contributed by atoms with E-state index in [1.807, 2.05) is 0 Å². The molecule has 0 aromatic carbocycles. The second-order valence-corrected chi connectivity index (χ2v) is 3.70. The average Bonchev–Trinajstić information content (AvgIpc) is 2.51. The molecule has 0 aliphatic carbocycles. The normalized spacial score (nSPS) is 23.9. The molecule has 5 nitrogen and oxygen atoms in total. The Kier molecular flexibility index (Phi) is 2.69. The molecule has 1 aliphatic rings. The van der Waals surface area contributed by atoms with E-state index in [1.54, 1.807) is 6.20 Å². The van der Waals surface area contributed by atoms with Gasteiger partial charge in [-0.05, 0) is 19.4 Å². The van der Waals surface area contributed by atoms with Crippen LogP contribution in [0.1, 0.15) is 18.6 Å². The second kappa shape index (κ2) is 3.98. The Hall–Kier alpha value is -1.07. The molecule has 1 aliphatic heterocycles. The van der Waals surface area contributed by atoms with Gasteiger partial charge in [0, 0.05) is 6.54 Å². The molecule has 3 N–H and O–H groups in total. The highest BCUT2D eigenvalue weighted by molar-refractivity contribution is 5.10. The Morgan fingerprint density at radius 3 is 3.21 bits per heavy atom. The number of aliphatic hydroxyl groups excluding tert-OH is 1. The van der Waals surface area contributed by atoms with Crippen molar-refractivity contribution >= 4 is 6.01 Å². The molecule has 0 saturated carbocycles. The summed E-state index contributed by atoms with van der Waals surface area (Å²) in [6.45, 7) is 2.39. The van der Waals surface area contributed by atoms with Gasteiger partial charge in [-0.1, -0.05) is 0 Å². The highest BCUT2D eigenvalue weighted by Gasteiger charge is 2.18. The smallest absolute Gasteiger partial charge is 0.292 e. The highest BCUT2D eigenvalue weighted by Crippen LogP contribution is 2.14. The van der Waals surface area contributed by atoms with Crippen molar-refractivity contribution in [3.05, 3.63) is 12.0 Å². The van der Waals surface area contributed by atoms with E-state index >= 15 is 0 Å². The molecule has 2 heterocycles. The van der Waals surface area contributed by atoms with Crippen molar-refractivity contribution in [1.29, 1.82) is 0 Å². The summed E-state index contributed by atoms with van der Waals surface area (Å²) in [5.41, 5.74) is 5.37. The number of anilines is 1. The van der Waals surface area contributed by atoms with Crippen LogP contribution in [-0.4, -0.2) is 34.2 Å². The maximum Gasteiger partial charge on any atom is 0.292 e. The molecule has 2 rings (SSSR count). The van der Waals surface area contributed by atoms with Gasteiger partial charge in [0.1, 0.15) is 5.76 Å². The van der Waals surface area contributed by atoms with Gasteiger partial charge in [0.15, 0.2) is 0 Å². The molecular weight excluding hydrogens is 182 g/mol. The number of likely N-dealkylation sites (tertiary alicyclic amines) is 1. The van der Waals surface area contributed by atoms with E-state index in [-0.39, 0.29) is 12.1 Å². The van der Waals surface area contributed by atoms with Crippen LogP contribution in [0.25, 0.3) is 0 Å². The fourth-order valence-corrected chi connectivity index (χ4v) is 1.79. The minimum Gasteiger partial charge on any atom is -0.428 e. The van der Waals surface area contributed by atoms with Gasteiger partial charge < -0.3 is 15.3 Å². The maximum atomic E-state index is 9.45. The Bertz CT molecular complexity index is 300. The van der Waals surface area contributed by atoms with Gasteiger partial charge in [-0.25, -0.2) is 4.98 Å². The molecule has 0 spiro atoms. The number of nitrogens with zero attached hydrogens (tertiary/aromatic N) is 2. The number of aliphatic hydroxyl groups is 1. The number of oxazole rings is 1. The molecule has 78 valence electrons. The minimum absolute atomic E-state index is 0.205. The molecule has 0 radical (unpaired) electrons. The first-order valence-corrected chi connectivity index (χ1v) is 4.84. The fourth-order valence-electron chi connectivity index (χ4n) is 1.79. The summed E-state index contributed by atoms with van der Waals surface area (Å²) in [6.07, 6.45) is 3.36. The van der Waals surface area contributed by atoms with Gasteiger partial charge in [-0.2, -0.15) is 0 Å². The van der Waals surface area contributed by atoms with Crippen molar-refractivity contribution in [3.8, 4) is 0 Å². The molecule has 1 aromatic heterocycles. The Balaban J connectivity index is 1.90. The third kappa shape index (κ3) is 2.24. The van der Waals surface area contributed by atoms with E-state index in [4.69, 9.17) is 10.2 Å². The first-order valence-electron chi connectivity index (χ1n) is 4.84. The van der Waals surface area contributed by atoms with Crippen LogP contribution in [0.5, 0.6) is 0 Å². The number of nitrogen functional groups attached to an aromatic ring is 1. The van der Waals surface area contributed by atoms with Crippen molar-refractivity contribution in [3.63, 3.8) is 0 Å². The Morgan fingerprint density at radius 1 is 1.71 bits per heavy atom. The second-order valence-electron chi connectivity index (χ2n) is 3.70. The van der Waals surface area contributed by atoms with Gasteiger partial charge in [0.2, 0.25) is 0 Å². The van der Waals surface area contributed by atoms with E-state index in [1.165, 1.54) is 0 Å². The van der Waals surface area contributed by atoms with Gasteiger partial charge in [-0.3, -0.25) is 4.90 Å². The number of piperidine rings is 1. The van der Waals surface area contributed by atoms with Gasteiger partial charge in [0.25, 0.3) is 6.01 Å². The largest absolute Gasteiger partial charge is 0.428 e. The summed E-state index contributed by atoms with van der Waals surface area (Å²) >= 11 is 0. The van der Waals surface area contributed by atoms with Crippen molar-refractivity contribution in [2.24, 2.45) is 0 Å². The summed E-state index contributed by atoms with van der Waals surface area (Å²) in [7, 11) is 0. The number of nitrogens with two attached hydrogens (primary N) is 1. The van der Waals surface area contributed by atoms with Crippen molar-refractivity contribution < 1.29 is 9.52 Å². The third-order valence-electron chi connectivity index (χ3n) is 2.43. The van der Waals surface area contributed by atoms with Crippen LogP contribution in [0.15, 0.2) is 10.6 Å². The standard InChI is InChI=1S/C9H15N3O2/c10-9-11-4-8(14-9)6-12-3-1-2-7(13)5-12/h4,7,13H,1-3,5-6H2,(H2,10,11)/t7-/m0/s1. The lowest BCUT2D eigenvalue weighted by Crippen LogP contribution is -2.37. The van der Waals surface area contributed by atoms with Gasteiger partial charge in [0.05, 0.1) is 18.8 Å². The highest BCUT2D eigenvalue weighted by atomic mass is 16.4. The first-order chi connectivity index (χ1) is 6.74. The zero-order valence-electron chi connectivity index (χ0n) is 8.02. The topological polar surface area (TPSA) is 75.5 Å². The third-order valence-corrected chi connectivity index (χ3v) is 2.43. The van der Waals surface area contributed by atoms with Crippen LogP contribution >= 0.6 is 0 Å². The van der Waals surface area contributed by atoms with Crippen molar-refractivity contribution in [1.82, 2.24) is 9.88 Å². The molecule has 0 bridgehead atoms. The zero-order valence-corrected chi connectivity index (χ0v) is 8.02. The first kappa shape index (κ1) is 9.48. The van der Waals surface area contributed by atoms with Crippen molar-refractivity contribution in [2.45, 2.75) is 25.5 Å². The summed E-state index contributed by atoms with van der Waals surface area (Å²) in [4.78, 5) is 5.97. The summed E-state index contributed by atoms with van der Waals surface area (Å²) < 4.78 is 5.16. The number of hydrogen-bond acceptors (Lipinski definition) is 5. The van der Waals surface area contributed by atoms with Crippen LogP contribution < -0.4 is 5.73 Å². The monoisotopic (exact) mass is 197 g/mol. The minimum atomic E-state index is -0.205. The average molecular weight is 197 g/mol. The molecular formula is C9H15N3O2. The van der Waals surface area contributed by atoms with E-state index in [9.17, 15) is 5.11 Å². The zero-order chi connectivity index (χ0) is 9.97. The predicted molar refractivity (Wildman–Crippen MR) is 51.4 cm³/mol. The van der Waals surface area contributed by atoms with Crippen LogP contribution in [0.4, 0.5) is 6.01 Å². The summed E-state index contributed by atoms with van der Waals surface area (Å²) in [5, 5.41) is 9.45. The fraction of sp³-hybridized carbons (Fsp3) is 0.667. The van der Waals surface area contributed by atoms with Gasteiger partial charge in [-0.15, -0.1) is 0 Å². The quantitative estimate of drug-likeness (QED) is 0.709. The number of β-amino-alcohol motifs (C(OH)–C–C–N with tert-alkyl or cyclic N) is 1. The molecule has 1 saturated heterocycles. The number of rotatable bonds is 2. The number of aromatic nitrogens is 1. The lowest BCUT2D eigenvalue weighted by molar-refractivity contribution is 0.0635. The van der Waals surface area contributed by atoms with Gasteiger partial charge >= 0.3 is 0 Å². The van der Waals surface area contributed by atoms with E-state index in [0.717, 1.165) is 25.1 Å². The van der Waals surface area contributed by atoms with E-state index in [2.05, 4.69) is 9.88 Å². The maximum absolute atomic E-state index is 9.45. The molecule has 1 atom stereocenters. The predicted octanol–water partition coefficient (Wildman–Crippen LogP) is 0.214. The molecule has 1 aromatic rings. The van der Waals surface area contributed by atoms with Crippen LogP contribution in [0.2, 0.25) is 0 Å². The summed E-state index contributed by atoms with van der Waals surface area (Å²) in [6, 6.07) is 0.206. The van der Waals surface area contributed by atoms with E-state index in [0.29, 0.717) is 13.1 Å².